The number of nitrogens with one attached hydrogen (secondary N) is 1. The van der Waals surface area contributed by atoms with Gasteiger partial charge in [0.1, 0.15) is 17.5 Å². The molecule has 0 aromatic heterocycles. The van der Waals surface area contributed by atoms with Crippen LogP contribution in [0.4, 0.5) is 0 Å². The van der Waals surface area contributed by atoms with Crippen LogP contribution < -0.4 is 9.64 Å². The van der Waals surface area contributed by atoms with Crippen LogP contribution >= 0.6 is 15.9 Å². The predicted octanol–water partition coefficient (Wildman–Crippen LogP) is -0.0145. The monoisotopic (exact) mass is 417 g/mol. The first kappa shape index (κ1) is 17.7. The number of carbonyl (C=O) groups excluding carboxylic acids is 1. The van der Waals surface area contributed by atoms with Gasteiger partial charge < -0.3 is 14.5 Å². The number of amides is 1. The van der Waals surface area contributed by atoms with Crippen LogP contribution in [0.5, 0.6) is 5.75 Å². The van der Waals surface area contributed by atoms with E-state index in [1.807, 2.05) is 4.90 Å². The number of sulfone groups is 1. The van der Waals surface area contributed by atoms with E-state index < -0.39 is 9.84 Å². The Morgan fingerprint density at radius 3 is 2.58 bits per heavy atom. The van der Waals surface area contributed by atoms with Gasteiger partial charge in [-0.2, -0.15) is 0 Å². The van der Waals surface area contributed by atoms with Gasteiger partial charge in [-0.05, 0) is 34.1 Å². The van der Waals surface area contributed by atoms with Gasteiger partial charge in [-0.25, -0.2) is 8.42 Å². The lowest BCUT2D eigenvalue weighted by molar-refractivity contribution is -0.925. The lowest BCUT2D eigenvalue weighted by atomic mass is 10.1. The van der Waals surface area contributed by atoms with Crippen LogP contribution in [0.1, 0.15) is 16.8 Å². The van der Waals surface area contributed by atoms with Crippen LogP contribution in [0.2, 0.25) is 0 Å². The van der Waals surface area contributed by atoms with Gasteiger partial charge in [-0.1, -0.05) is 0 Å². The third kappa shape index (κ3) is 3.75. The number of benzene rings is 1. The summed E-state index contributed by atoms with van der Waals surface area (Å²) in [5.74, 6) is 1.31. The summed E-state index contributed by atoms with van der Waals surface area (Å²) in [6.07, 6.45) is 0.747. The van der Waals surface area contributed by atoms with Crippen molar-refractivity contribution in [2.45, 2.75) is 12.5 Å². The van der Waals surface area contributed by atoms with Gasteiger partial charge in [0.2, 0.25) is 0 Å². The minimum Gasteiger partial charge on any atom is -0.496 e. The molecule has 0 bridgehead atoms. The third-order valence-corrected chi connectivity index (χ3v) is 7.29. The summed E-state index contributed by atoms with van der Waals surface area (Å²) in [6.45, 7) is 2.94. The van der Waals surface area contributed by atoms with E-state index in [0.717, 1.165) is 24.0 Å². The first-order valence-corrected chi connectivity index (χ1v) is 10.7. The van der Waals surface area contributed by atoms with Crippen molar-refractivity contribution in [3.8, 4) is 5.75 Å². The Balaban J connectivity index is 1.60. The average molecular weight is 418 g/mol. The van der Waals surface area contributed by atoms with E-state index in [1.165, 1.54) is 4.90 Å². The van der Waals surface area contributed by atoms with E-state index in [-0.39, 0.29) is 11.9 Å². The van der Waals surface area contributed by atoms with Gasteiger partial charge in [0.15, 0.2) is 9.84 Å². The Morgan fingerprint density at radius 1 is 1.33 bits per heavy atom. The van der Waals surface area contributed by atoms with Crippen LogP contribution in [0.3, 0.4) is 0 Å². The molecule has 2 saturated heterocycles. The quantitative estimate of drug-likeness (QED) is 0.750. The molecule has 24 heavy (non-hydrogen) atoms. The Bertz CT molecular complexity index is 730. The standard InChI is InChI=1S/C16H21BrN2O4S/c1-23-15-3-2-12(10-14(15)17)16(20)19-7-5-18(6-8-19)13-4-9-24(21,22)11-13/h2-3,10,13H,4-9,11H2,1H3/p+1/t13-/m0/s1. The number of hydrogen-bond acceptors (Lipinski definition) is 4. The number of quaternary nitrogens is 1. The average Bonchev–Trinajstić information content (AvgIpc) is 2.94. The molecule has 6 nitrogen and oxygen atoms in total. The lowest BCUT2D eigenvalue weighted by Crippen LogP contribution is -3.18. The van der Waals surface area contributed by atoms with Gasteiger partial charge in [0.25, 0.3) is 5.91 Å². The maximum atomic E-state index is 12.6. The smallest absolute Gasteiger partial charge is 0.254 e. The van der Waals surface area contributed by atoms with Gasteiger partial charge in [0.05, 0.1) is 43.5 Å². The topological polar surface area (TPSA) is 68.1 Å². The zero-order valence-corrected chi connectivity index (χ0v) is 16.0. The number of nitrogens with zero attached hydrogens (tertiary/aromatic N) is 1. The molecule has 2 aliphatic rings. The normalized spacial score (nSPS) is 24.1. The van der Waals surface area contributed by atoms with Crippen molar-refractivity contribution in [2.24, 2.45) is 0 Å². The molecule has 2 aliphatic heterocycles. The molecule has 1 amide bonds. The molecule has 0 saturated carbocycles. The highest BCUT2D eigenvalue weighted by Gasteiger charge is 2.37. The largest absolute Gasteiger partial charge is 0.496 e. The maximum absolute atomic E-state index is 12.6. The van der Waals surface area contributed by atoms with Gasteiger partial charge >= 0.3 is 0 Å². The highest BCUT2D eigenvalue weighted by Crippen LogP contribution is 2.26. The second-order valence-corrected chi connectivity index (χ2v) is 9.48. The number of carbonyl (C=O) groups is 1. The van der Waals surface area contributed by atoms with Crippen molar-refractivity contribution in [2.75, 3.05) is 44.8 Å². The molecule has 1 aromatic carbocycles. The molecule has 2 fully saturated rings. The van der Waals surface area contributed by atoms with Gasteiger partial charge in [-0.3, -0.25) is 4.79 Å². The predicted molar refractivity (Wildman–Crippen MR) is 94.4 cm³/mol. The van der Waals surface area contributed by atoms with E-state index in [0.29, 0.717) is 35.9 Å². The van der Waals surface area contributed by atoms with Gasteiger partial charge in [0, 0.05) is 12.0 Å². The van der Waals surface area contributed by atoms with E-state index in [2.05, 4.69) is 15.9 Å². The number of methoxy groups -OCH3 is 1. The maximum Gasteiger partial charge on any atom is 0.254 e. The number of halogens is 1. The molecule has 0 aliphatic carbocycles. The first-order chi connectivity index (χ1) is 11.4. The minimum atomic E-state index is -2.85. The summed E-state index contributed by atoms with van der Waals surface area (Å²) in [6, 6.07) is 5.53. The summed E-state index contributed by atoms with van der Waals surface area (Å²) in [5, 5.41) is 0. The summed E-state index contributed by atoms with van der Waals surface area (Å²) in [7, 11) is -1.26. The molecule has 0 radical (unpaired) electrons. The molecular formula is C16H22BrN2O4S+. The van der Waals surface area contributed by atoms with Crippen molar-refractivity contribution in [3.05, 3.63) is 28.2 Å². The van der Waals surface area contributed by atoms with Crippen molar-refractivity contribution < 1.29 is 22.8 Å². The third-order valence-electron chi connectivity index (χ3n) is 4.90. The van der Waals surface area contributed by atoms with Crippen molar-refractivity contribution in [3.63, 3.8) is 0 Å². The summed E-state index contributed by atoms with van der Waals surface area (Å²) in [4.78, 5) is 15.8. The number of rotatable bonds is 3. The molecule has 1 aromatic rings. The van der Waals surface area contributed by atoms with E-state index in [1.54, 1.807) is 25.3 Å². The molecule has 0 spiro atoms. The minimum absolute atomic E-state index is 0.0106. The second-order valence-electron chi connectivity index (χ2n) is 6.40. The lowest BCUT2D eigenvalue weighted by Gasteiger charge is -2.35. The van der Waals surface area contributed by atoms with Crippen LogP contribution in [0, 0.1) is 0 Å². The molecule has 132 valence electrons. The SMILES string of the molecule is COc1ccc(C(=O)N2CC[NH+]([C@H]3CCS(=O)(=O)C3)CC2)cc1Br. The van der Waals surface area contributed by atoms with Crippen LogP contribution in [-0.4, -0.2) is 70.1 Å². The highest BCUT2D eigenvalue weighted by molar-refractivity contribution is 9.10. The Morgan fingerprint density at radius 2 is 2.04 bits per heavy atom. The molecule has 1 N–H and O–H groups in total. The summed E-state index contributed by atoms with van der Waals surface area (Å²) < 4.78 is 29.2. The number of hydrogen-bond donors (Lipinski definition) is 1. The molecule has 1 atom stereocenters. The first-order valence-electron chi connectivity index (χ1n) is 8.07. The Kier molecular flexibility index (Phi) is 5.17. The fourth-order valence-corrected chi connectivity index (χ4v) is 5.87. The Hall–Kier alpha value is -1.12. The van der Waals surface area contributed by atoms with E-state index in [9.17, 15) is 13.2 Å². The van der Waals surface area contributed by atoms with Crippen molar-refractivity contribution >= 4 is 31.7 Å². The molecule has 0 unspecified atom stereocenters. The van der Waals surface area contributed by atoms with Gasteiger partial charge in [-0.15, -0.1) is 0 Å². The molecular weight excluding hydrogens is 396 g/mol. The molecule has 8 heteroatoms. The van der Waals surface area contributed by atoms with E-state index >= 15 is 0 Å². The zero-order chi connectivity index (χ0) is 17.3. The zero-order valence-electron chi connectivity index (χ0n) is 13.6. The van der Waals surface area contributed by atoms with Crippen LogP contribution in [0.15, 0.2) is 22.7 Å². The number of ether oxygens (including phenoxy) is 1. The molecule has 2 heterocycles. The van der Waals surface area contributed by atoms with Crippen molar-refractivity contribution in [1.82, 2.24) is 4.90 Å². The highest BCUT2D eigenvalue weighted by atomic mass is 79.9. The summed E-state index contributed by atoms with van der Waals surface area (Å²) in [5.41, 5.74) is 0.634. The van der Waals surface area contributed by atoms with Crippen LogP contribution in [-0.2, 0) is 9.84 Å². The van der Waals surface area contributed by atoms with Crippen molar-refractivity contribution in [1.29, 1.82) is 0 Å². The fourth-order valence-electron chi connectivity index (χ4n) is 3.50. The fraction of sp³-hybridized carbons (Fsp3) is 0.562. The second kappa shape index (κ2) is 7.01. The summed E-state index contributed by atoms with van der Waals surface area (Å²) >= 11 is 3.41. The molecule has 3 rings (SSSR count). The Labute approximate surface area is 150 Å². The van der Waals surface area contributed by atoms with Crippen LogP contribution in [0.25, 0.3) is 0 Å². The number of piperazine rings is 1. The van der Waals surface area contributed by atoms with E-state index in [4.69, 9.17) is 4.74 Å².